The summed E-state index contributed by atoms with van der Waals surface area (Å²) in [5.74, 6) is -6.76. The van der Waals surface area contributed by atoms with Crippen LogP contribution in [0.4, 0.5) is 13.2 Å². The Kier molecular flexibility index (Phi) is 7.42. The van der Waals surface area contributed by atoms with Crippen molar-refractivity contribution in [2.24, 2.45) is 5.92 Å². The number of rotatable bonds is 7. The number of ether oxygens (including phenoxy) is 2. The molecule has 1 amide bonds. The number of carbonyl (C=O) groups is 2. The van der Waals surface area contributed by atoms with E-state index in [1.807, 2.05) is 0 Å². The van der Waals surface area contributed by atoms with E-state index in [0.717, 1.165) is 0 Å². The quantitative estimate of drug-likeness (QED) is 0.433. The predicted molar refractivity (Wildman–Crippen MR) is 129 cm³/mol. The van der Waals surface area contributed by atoms with E-state index in [9.17, 15) is 27.9 Å². The van der Waals surface area contributed by atoms with Gasteiger partial charge in [-0.15, -0.1) is 0 Å². The number of carboxylic acids is 1. The van der Waals surface area contributed by atoms with Gasteiger partial charge < -0.3 is 19.5 Å². The van der Waals surface area contributed by atoms with Crippen LogP contribution in [0.15, 0.2) is 60.7 Å². The number of hydrogen-bond acceptors (Lipinski definition) is 4. The third-order valence-electron chi connectivity index (χ3n) is 6.94. The lowest BCUT2D eigenvalue weighted by molar-refractivity contribution is -0.154. The first-order chi connectivity index (χ1) is 17.7. The summed E-state index contributed by atoms with van der Waals surface area (Å²) >= 11 is 0. The zero-order valence-electron chi connectivity index (χ0n) is 20.5. The minimum atomic E-state index is -1.39. The highest BCUT2D eigenvalue weighted by Crippen LogP contribution is 2.44. The maximum Gasteiger partial charge on any atom is 0.309 e. The van der Waals surface area contributed by atoms with Crippen LogP contribution >= 0.6 is 0 Å². The molecular formula is C28H26F3NO5. The van der Waals surface area contributed by atoms with Gasteiger partial charge in [0.15, 0.2) is 11.6 Å². The van der Waals surface area contributed by atoms with Gasteiger partial charge in [-0.1, -0.05) is 24.3 Å². The minimum absolute atomic E-state index is 0.336. The molecule has 1 fully saturated rings. The summed E-state index contributed by atoms with van der Waals surface area (Å²) in [5, 5.41) is 10.2. The molecule has 0 spiro atoms. The smallest absolute Gasteiger partial charge is 0.309 e. The average molecular weight is 514 g/mol. The molecule has 1 aliphatic rings. The summed E-state index contributed by atoms with van der Waals surface area (Å²) in [6.07, 6.45) is -0.397. The lowest BCUT2D eigenvalue weighted by Gasteiger charge is -2.46. The highest BCUT2D eigenvalue weighted by atomic mass is 19.2. The van der Waals surface area contributed by atoms with Crippen molar-refractivity contribution in [3.8, 4) is 11.5 Å². The molecule has 0 saturated carbocycles. The number of nitrogens with zero attached hydrogens (tertiary/aromatic N) is 1. The summed E-state index contributed by atoms with van der Waals surface area (Å²) in [7, 11) is 3.06. The largest absolute Gasteiger partial charge is 0.497 e. The normalized spacial score (nSPS) is 19.7. The predicted octanol–water partition coefficient (Wildman–Crippen LogP) is 5.32. The number of amides is 1. The number of likely N-dealkylation sites (tertiary alicyclic amines) is 1. The van der Waals surface area contributed by atoms with Crippen LogP contribution in [-0.4, -0.2) is 42.1 Å². The topological polar surface area (TPSA) is 76.1 Å². The van der Waals surface area contributed by atoms with Crippen LogP contribution in [0, 0.1) is 23.4 Å². The maximum atomic E-state index is 14.7. The SMILES string of the molecule is COc1ccc(C(c2ccc(OC)cc2)N2C(=O)CC(c3cc(F)c(F)cc3F)C(C(=O)O)C2C)cc1. The van der Waals surface area contributed by atoms with E-state index in [-0.39, 0.29) is 5.56 Å². The minimum Gasteiger partial charge on any atom is -0.497 e. The molecule has 3 aromatic carbocycles. The third-order valence-corrected chi connectivity index (χ3v) is 6.94. The van der Waals surface area contributed by atoms with Crippen LogP contribution in [-0.2, 0) is 9.59 Å². The van der Waals surface area contributed by atoms with Crippen LogP contribution in [0.3, 0.4) is 0 Å². The highest BCUT2D eigenvalue weighted by Gasteiger charge is 2.48. The number of carboxylic acid groups (broad SMARTS) is 1. The highest BCUT2D eigenvalue weighted by molar-refractivity contribution is 5.84. The number of piperidine rings is 1. The molecule has 9 heteroatoms. The molecule has 0 bridgehead atoms. The number of halogens is 3. The van der Waals surface area contributed by atoms with E-state index in [0.29, 0.717) is 34.8 Å². The Labute approximate surface area is 212 Å². The summed E-state index contributed by atoms with van der Waals surface area (Å²) < 4.78 is 52.7. The Balaban J connectivity index is 1.81. The molecule has 37 heavy (non-hydrogen) atoms. The fraction of sp³-hybridized carbons (Fsp3) is 0.286. The van der Waals surface area contributed by atoms with Crippen molar-refractivity contribution >= 4 is 11.9 Å². The molecule has 3 aromatic rings. The van der Waals surface area contributed by atoms with Crippen molar-refractivity contribution in [3.63, 3.8) is 0 Å². The molecule has 1 aliphatic heterocycles. The molecule has 3 atom stereocenters. The summed E-state index contributed by atoms with van der Waals surface area (Å²) in [6, 6.07) is 13.5. The van der Waals surface area contributed by atoms with Crippen molar-refractivity contribution in [2.75, 3.05) is 14.2 Å². The van der Waals surface area contributed by atoms with Crippen molar-refractivity contribution < 1.29 is 37.3 Å². The average Bonchev–Trinajstić information content (AvgIpc) is 2.88. The van der Waals surface area contributed by atoms with Crippen molar-refractivity contribution in [1.82, 2.24) is 4.90 Å². The van der Waals surface area contributed by atoms with Gasteiger partial charge in [-0.05, 0) is 53.9 Å². The molecule has 4 rings (SSSR count). The fourth-order valence-corrected chi connectivity index (χ4v) is 5.13. The number of methoxy groups -OCH3 is 2. The van der Waals surface area contributed by atoms with Crippen LogP contribution < -0.4 is 9.47 Å². The maximum absolute atomic E-state index is 14.7. The monoisotopic (exact) mass is 513 g/mol. The first-order valence-electron chi connectivity index (χ1n) is 11.6. The lowest BCUT2D eigenvalue weighted by Crippen LogP contribution is -2.54. The molecular weight excluding hydrogens is 487 g/mol. The molecule has 0 aromatic heterocycles. The zero-order valence-corrected chi connectivity index (χ0v) is 20.5. The Hall–Kier alpha value is -4.01. The molecule has 0 aliphatic carbocycles. The number of benzene rings is 3. The second-order valence-electron chi connectivity index (χ2n) is 8.95. The Morgan fingerprint density at radius 1 is 0.892 bits per heavy atom. The number of carbonyl (C=O) groups excluding carboxylic acids is 1. The lowest BCUT2D eigenvalue weighted by atomic mass is 9.74. The molecule has 6 nitrogen and oxygen atoms in total. The summed E-state index contributed by atoms with van der Waals surface area (Å²) in [4.78, 5) is 27.6. The van der Waals surface area contributed by atoms with Gasteiger partial charge in [0.1, 0.15) is 17.3 Å². The van der Waals surface area contributed by atoms with Gasteiger partial charge in [-0.3, -0.25) is 9.59 Å². The standard InChI is InChI=1S/C28H26F3NO5/c1-15-26(28(34)35)21(20-12-23(30)24(31)14-22(20)29)13-25(33)32(15)27(16-4-8-18(36-2)9-5-16)17-6-10-19(37-3)11-7-17/h4-12,14-15,21,26-27H,13H2,1-3H3,(H,34,35). The first kappa shape index (κ1) is 26.1. The Morgan fingerprint density at radius 2 is 1.38 bits per heavy atom. The molecule has 0 radical (unpaired) electrons. The van der Waals surface area contributed by atoms with Gasteiger partial charge in [0.2, 0.25) is 5.91 Å². The second-order valence-corrected chi connectivity index (χ2v) is 8.95. The second kappa shape index (κ2) is 10.5. The Bertz CT molecular complexity index is 1250. The van der Waals surface area contributed by atoms with Gasteiger partial charge in [0.25, 0.3) is 0 Å². The fourth-order valence-electron chi connectivity index (χ4n) is 5.13. The van der Waals surface area contributed by atoms with Crippen LogP contribution in [0.5, 0.6) is 11.5 Å². The van der Waals surface area contributed by atoms with Crippen LogP contribution in [0.2, 0.25) is 0 Å². The van der Waals surface area contributed by atoms with E-state index in [1.165, 1.54) is 19.1 Å². The summed E-state index contributed by atoms with van der Waals surface area (Å²) in [5.41, 5.74) is 1.07. The van der Waals surface area contributed by atoms with E-state index in [2.05, 4.69) is 0 Å². The van der Waals surface area contributed by atoms with Crippen LogP contribution in [0.25, 0.3) is 0 Å². The molecule has 1 saturated heterocycles. The van der Waals surface area contributed by atoms with Crippen LogP contribution in [0.1, 0.15) is 42.0 Å². The van der Waals surface area contributed by atoms with Gasteiger partial charge in [0, 0.05) is 24.4 Å². The van der Waals surface area contributed by atoms with E-state index < -0.39 is 59.7 Å². The van der Waals surface area contributed by atoms with E-state index in [1.54, 1.807) is 55.5 Å². The van der Waals surface area contributed by atoms with Gasteiger partial charge in [-0.25, -0.2) is 13.2 Å². The van der Waals surface area contributed by atoms with Gasteiger partial charge in [0.05, 0.1) is 26.2 Å². The van der Waals surface area contributed by atoms with E-state index in [4.69, 9.17) is 9.47 Å². The van der Waals surface area contributed by atoms with Gasteiger partial charge >= 0.3 is 5.97 Å². The van der Waals surface area contributed by atoms with Crippen molar-refractivity contribution in [1.29, 1.82) is 0 Å². The molecule has 3 unspecified atom stereocenters. The van der Waals surface area contributed by atoms with Crippen molar-refractivity contribution in [2.45, 2.75) is 31.3 Å². The third kappa shape index (κ3) is 4.98. The molecule has 1 N–H and O–H groups in total. The Morgan fingerprint density at radius 3 is 1.84 bits per heavy atom. The zero-order chi connectivity index (χ0) is 26.9. The number of aliphatic carboxylic acids is 1. The summed E-state index contributed by atoms with van der Waals surface area (Å²) in [6.45, 7) is 1.57. The van der Waals surface area contributed by atoms with E-state index >= 15 is 0 Å². The number of hydrogen-bond donors (Lipinski definition) is 1. The molecule has 194 valence electrons. The first-order valence-corrected chi connectivity index (χ1v) is 11.6. The van der Waals surface area contributed by atoms with Crippen molar-refractivity contribution in [3.05, 3.63) is 94.8 Å². The van der Waals surface area contributed by atoms with Gasteiger partial charge in [-0.2, -0.15) is 0 Å². The molecule has 1 heterocycles.